The summed E-state index contributed by atoms with van der Waals surface area (Å²) in [6.07, 6.45) is 1.73. The van der Waals surface area contributed by atoms with Gasteiger partial charge in [0.2, 0.25) is 0 Å². The maximum absolute atomic E-state index is 13.0. The molecule has 162 valence electrons. The van der Waals surface area contributed by atoms with Gasteiger partial charge in [0.25, 0.3) is 15.9 Å². The highest BCUT2D eigenvalue weighted by Gasteiger charge is 2.23. The second kappa shape index (κ2) is 10.3. The highest BCUT2D eigenvalue weighted by molar-refractivity contribution is 7.92. The van der Waals surface area contributed by atoms with Crippen LogP contribution in [0, 0.1) is 0 Å². The predicted molar refractivity (Wildman–Crippen MR) is 125 cm³/mol. The molecular formula is C25H28N2O3S. The van der Waals surface area contributed by atoms with Crippen molar-refractivity contribution in [2.75, 3.05) is 10.8 Å². The van der Waals surface area contributed by atoms with E-state index in [1.165, 1.54) is 9.87 Å². The molecule has 0 heterocycles. The first-order valence-electron chi connectivity index (χ1n) is 10.4. The molecule has 5 nitrogen and oxygen atoms in total. The van der Waals surface area contributed by atoms with Crippen molar-refractivity contribution < 1.29 is 13.2 Å². The molecule has 3 aromatic rings. The van der Waals surface area contributed by atoms with Crippen LogP contribution in [0.1, 0.15) is 36.2 Å². The summed E-state index contributed by atoms with van der Waals surface area (Å²) in [4.78, 5) is 12.8. The Morgan fingerprint density at radius 3 is 2.06 bits per heavy atom. The molecule has 0 bridgehead atoms. The quantitative estimate of drug-likeness (QED) is 0.531. The van der Waals surface area contributed by atoms with Crippen molar-refractivity contribution >= 4 is 21.6 Å². The summed E-state index contributed by atoms with van der Waals surface area (Å²) in [5, 5.41) is 3.01. The molecule has 3 aromatic carbocycles. The molecule has 0 spiro atoms. The van der Waals surface area contributed by atoms with Crippen LogP contribution < -0.4 is 9.62 Å². The maximum atomic E-state index is 13.0. The number of nitrogens with zero attached hydrogens (tertiary/aromatic N) is 1. The molecule has 0 aliphatic heterocycles. The van der Waals surface area contributed by atoms with Crippen molar-refractivity contribution in [3.05, 3.63) is 96.1 Å². The van der Waals surface area contributed by atoms with E-state index in [-0.39, 0.29) is 16.8 Å². The number of hydrogen-bond donors (Lipinski definition) is 1. The van der Waals surface area contributed by atoms with E-state index in [2.05, 4.69) is 17.4 Å². The smallest absolute Gasteiger partial charge is 0.264 e. The Morgan fingerprint density at radius 1 is 0.903 bits per heavy atom. The molecule has 0 radical (unpaired) electrons. The van der Waals surface area contributed by atoms with E-state index in [1.54, 1.807) is 61.5 Å². The first-order chi connectivity index (χ1) is 14.9. The average Bonchev–Trinajstić information content (AvgIpc) is 2.80. The molecule has 0 aliphatic carbocycles. The van der Waals surface area contributed by atoms with Crippen LogP contribution in [0.3, 0.4) is 0 Å². The Morgan fingerprint density at radius 2 is 1.48 bits per heavy atom. The zero-order valence-electron chi connectivity index (χ0n) is 17.9. The molecule has 0 fully saturated rings. The minimum absolute atomic E-state index is 0.0259. The molecule has 1 amide bonds. The van der Waals surface area contributed by atoms with Crippen LogP contribution >= 0.6 is 0 Å². The topological polar surface area (TPSA) is 66.5 Å². The molecular weight excluding hydrogens is 408 g/mol. The number of benzene rings is 3. The van der Waals surface area contributed by atoms with E-state index in [4.69, 9.17) is 0 Å². The summed E-state index contributed by atoms with van der Waals surface area (Å²) in [6, 6.07) is 25.2. The van der Waals surface area contributed by atoms with Crippen LogP contribution in [-0.2, 0) is 16.4 Å². The average molecular weight is 437 g/mol. The summed E-state index contributed by atoms with van der Waals surface area (Å²) >= 11 is 0. The van der Waals surface area contributed by atoms with Gasteiger partial charge < -0.3 is 5.32 Å². The standard InChI is InChI=1S/C25H28N2O3S/c1-3-27(31(29,30)24-12-8-5-9-13-24)23-18-16-22(17-19-23)25(28)26-20(2)14-15-21-10-6-4-7-11-21/h4-13,16-20H,3,14-15H2,1-2H3,(H,26,28)/t20-/m0/s1. The number of carbonyl (C=O) groups excluding carboxylic acids is 1. The van der Waals surface area contributed by atoms with Gasteiger partial charge in [-0.1, -0.05) is 48.5 Å². The van der Waals surface area contributed by atoms with E-state index in [9.17, 15) is 13.2 Å². The van der Waals surface area contributed by atoms with E-state index in [0.29, 0.717) is 17.8 Å². The van der Waals surface area contributed by atoms with Crippen LogP contribution in [0.15, 0.2) is 89.8 Å². The molecule has 1 N–H and O–H groups in total. The highest BCUT2D eigenvalue weighted by Crippen LogP contribution is 2.23. The van der Waals surface area contributed by atoms with Crippen LogP contribution in [0.5, 0.6) is 0 Å². The van der Waals surface area contributed by atoms with Crippen molar-refractivity contribution in [2.24, 2.45) is 0 Å². The van der Waals surface area contributed by atoms with E-state index < -0.39 is 10.0 Å². The lowest BCUT2D eigenvalue weighted by Crippen LogP contribution is -2.33. The van der Waals surface area contributed by atoms with Crippen molar-refractivity contribution in [1.82, 2.24) is 5.32 Å². The minimum Gasteiger partial charge on any atom is -0.350 e. The Kier molecular flexibility index (Phi) is 7.47. The molecule has 0 unspecified atom stereocenters. The summed E-state index contributed by atoms with van der Waals surface area (Å²) in [5.41, 5.74) is 2.27. The molecule has 0 aliphatic rings. The van der Waals surface area contributed by atoms with E-state index in [1.807, 2.05) is 25.1 Å². The Balaban J connectivity index is 1.65. The number of hydrogen-bond acceptors (Lipinski definition) is 3. The Bertz CT molecular complexity index is 1080. The Labute approximate surface area is 184 Å². The SMILES string of the molecule is CCN(c1ccc(C(=O)N[C@@H](C)CCc2ccccc2)cc1)S(=O)(=O)c1ccccc1. The maximum Gasteiger partial charge on any atom is 0.264 e. The number of carbonyl (C=O) groups is 1. The summed E-state index contributed by atoms with van der Waals surface area (Å²) in [6.45, 7) is 4.06. The largest absolute Gasteiger partial charge is 0.350 e. The molecule has 3 rings (SSSR count). The van der Waals surface area contributed by atoms with Gasteiger partial charge in [-0.3, -0.25) is 9.10 Å². The van der Waals surface area contributed by atoms with Crippen molar-refractivity contribution in [3.63, 3.8) is 0 Å². The van der Waals surface area contributed by atoms with Gasteiger partial charge in [-0.25, -0.2) is 8.42 Å². The van der Waals surface area contributed by atoms with Crippen molar-refractivity contribution in [2.45, 2.75) is 37.6 Å². The number of amides is 1. The van der Waals surface area contributed by atoms with Gasteiger partial charge in [0, 0.05) is 18.2 Å². The molecule has 6 heteroatoms. The summed E-state index contributed by atoms with van der Waals surface area (Å²) in [7, 11) is -3.66. The fourth-order valence-electron chi connectivity index (χ4n) is 3.40. The van der Waals surface area contributed by atoms with Gasteiger partial charge in [-0.2, -0.15) is 0 Å². The fourth-order valence-corrected chi connectivity index (χ4v) is 4.89. The lowest BCUT2D eigenvalue weighted by Gasteiger charge is -2.23. The molecule has 0 saturated carbocycles. The lowest BCUT2D eigenvalue weighted by molar-refractivity contribution is 0.0938. The molecule has 1 atom stereocenters. The minimum atomic E-state index is -3.66. The van der Waals surface area contributed by atoms with Crippen LogP contribution in [-0.4, -0.2) is 26.9 Å². The molecule has 0 aromatic heterocycles. The van der Waals surface area contributed by atoms with Crippen LogP contribution in [0.25, 0.3) is 0 Å². The molecule has 0 saturated heterocycles. The van der Waals surface area contributed by atoms with Crippen LogP contribution in [0.4, 0.5) is 5.69 Å². The third-order valence-electron chi connectivity index (χ3n) is 5.12. The van der Waals surface area contributed by atoms with Gasteiger partial charge in [0.1, 0.15) is 0 Å². The summed E-state index contributed by atoms with van der Waals surface area (Å²) in [5.74, 6) is -0.166. The zero-order valence-corrected chi connectivity index (χ0v) is 18.7. The number of sulfonamides is 1. The van der Waals surface area contributed by atoms with Crippen LogP contribution in [0.2, 0.25) is 0 Å². The first kappa shape index (κ1) is 22.6. The monoisotopic (exact) mass is 436 g/mol. The third kappa shape index (κ3) is 5.73. The lowest BCUT2D eigenvalue weighted by atomic mass is 10.1. The first-order valence-corrected chi connectivity index (χ1v) is 11.9. The van der Waals surface area contributed by atoms with Gasteiger partial charge >= 0.3 is 0 Å². The number of aryl methyl sites for hydroxylation is 1. The highest BCUT2D eigenvalue weighted by atomic mass is 32.2. The molecule has 31 heavy (non-hydrogen) atoms. The van der Waals surface area contributed by atoms with E-state index in [0.717, 1.165) is 12.8 Å². The zero-order chi connectivity index (χ0) is 22.3. The van der Waals surface area contributed by atoms with Gasteiger partial charge in [0.15, 0.2) is 0 Å². The van der Waals surface area contributed by atoms with Gasteiger partial charge in [0.05, 0.1) is 10.6 Å². The Hall–Kier alpha value is -3.12. The normalized spacial score (nSPS) is 12.2. The number of rotatable bonds is 9. The predicted octanol–water partition coefficient (Wildman–Crippen LogP) is 4.65. The van der Waals surface area contributed by atoms with Crippen molar-refractivity contribution in [3.8, 4) is 0 Å². The second-order valence-corrected chi connectivity index (χ2v) is 9.29. The number of nitrogens with one attached hydrogen (secondary N) is 1. The van der Waals surface area contributed by atoms with E-state index >= 15 is 0 Å². The van der Waals surface area contributed by atoms with Gasteiger partial charge in [-0.05, 0) is 68.7 Å². The van der Waals surface area contributed by atoms with Gasteiger partial charge in [-0.15, -0.1) is 0 Å². The fraction of sp³-hybridized carbons (Fsp3) is 0.240. The van der Waals surface area contributed by atoms with Crippen molar-refractivity contribution in [1.29, 1.82) is 0 Å². The third-order valence-corrected chi connectivity index (χ3v) is 7.04. The summed E-state index contributed by atoms with van der Waals surface area (Å²) < 4.78 is 27.3. The number of anilines is 1. The second-order valence-electron chi connectivity index (χ2n) is 7.43.